The molecule has 1 heterocycles. The lowest BCUT2D eigenvalue weighted by Crippen LogP contribution is -2.30. The van der Waals surface area contributed by atoms with Crippen molar-refractivity contribution in [2.75, 3.05) is 13.2 Å². The molecular formula is C13H23NO. The van der Waals surface area contributed by atoms with Crippen molar-refractivity contribution in [2.24, 2.45) is 28.4 Å². The number of hydrogen-bond acceptors (Lipinski definition) is 2. The average molecular weight is 209 g/mol. The molecule has 0 bridgehead atoms. The van der Waals surface area contributed by atoms with Gasteiger partial charge in [-0.2, -0.15) is 0 Å². The molecule has 3 aliphatic rings. The summed E-state index contributed by atoms with van der Waals surface area (Å²) in [5.41, 5.74) is 6.90. The quantitative estimate of drug-likeness (QED) is 0.756. The minimum atomic E-state index is 0.477. The zero-order valence-electron chi connectivity index (χ0n) is 9.96. The highest BCUT2D eigenvalue weighted by molar-refractivity contribution is 5.17. The summed E-state index contributed by atoms with van der Waals surface area (Å²) < 4.78 is 5.93. The van der Waals surface area contributed by atoms with Crippen molar-refractivity contribution in [3.8, 4) is 0 Å². The van der Waals surface area contributed by atoms with Crippen LogP contribution in [0.4, 0.5) is 0 Å². The highest BCUT2D eigenvalue weighted by Gasteiger charge is 2.69. The molecule has 0 amide bonds. The molecule has 4 atom stereocenters. The maximum atomic E-state index is 5.93. The molecule has 2 saturated carbocycles. The van der Waals surface area contributed by atoms with Crippen molar-refractivity contribution in [3.05, 3.63) is 0 Å². The molecule has 3 fully saturated rings. The normalized spacial score (nSPS) is 51.8. The second-order valence-electron chi connectivity index (χ2n) is 6.38. The average Bonchev–Trinajstić information content (AvgIpc) is 2.54. The van der Waals surface area contributed by atoms with Gasteiger partial charge < -0.3 is 10.5 Å². The van der Waals surface area contributed by atoms with E-state index in [9.17, 15) is 0 Å². The molecule has 3 rings (SSSR count). The summed E-state index contributed by atoms with van der Waals surface area (Å²) in [6.07, 6.45) is 5.92. The number of ether oxygens (including phenoxy) is 1. The van der Waals surface area contributed by atoms with E-state index in [-0.39, 0.29) is 0 Å². The van der Waals surface area contributed by atoms with E-state index in [1.54, 1.807) is 0 Å². The Kier molecular flexibility index (Phi) is 2.01. The Morgan fingerprint density at radius 1 is 1.33 bits per heavy atom. The third-order valence-electron chi connectivity index (χ3n) is 5.56. The maximum Gasteiger partial charge on any atom is 0.0635 e. The van der Waals surface area contributed by atoms with E-state index in [1.165, 1.54) is 25.7 Å². The number of hydrogen-bond donors (Lipinski definition) is 1. The van der Waals surface area contributed by atoms with Crippen LogP contribution in [0.2, 0.25) is 0 Å². The van der Waals surface area contributed by atoms with Crippen LogP contribution in [-0.4, -0.2) is 19.3 Å². The Morgan fingerprint density at radius 3 is 2.80 bits per heavy atom. The topological polar surface area (TPSA) is 35.2 Å². The van der Waals surface area contributed by atoms with Gasteiger partial charge in [0.05, 0.1) is 6.10 Å². The molecule has 2 N–H and O–H groups in total. The van der Waals surface area contributed by atoms with Gasteiger partial charge >= 0.3 is 0 Å². The molecule has 2 nitrogen and oxygen atoms in total. The number of fused-ring (bicyclic) bond motifs is 1. The third kappa shape index (κ3) is 1.13. The summed E-state index contributed by atoms with van der Waals surface area (Å²) in [4.78, 5) is 0. The first kappa shape index (κ1) is 10.1. The number of rotatable bonds is 2. The van der Waals surface area contributed by atoms with Crippen molar-refractivity contribution in [2.45, 2.75) is 45.6 Å². The van der Waals surface area contributed by atoms with Crippen LogP contribution in [0, 0.1) is 22.7 Å². The van der Waals surface area contributed by atoms with Crippen molar-refractivity contribution in [1.29, 1.82) is 0 Å². The van der Waals surface area contributed by atoms with Gasteiger partial charge in [-0.1, -0.05) is 20.3 Å². The maximum absolute atomic E-state index is 5.93. The van der Waals surface area contributed by atoms with Crippen molar-refractivity contribution in [3.63, 3.8) is 0 Å². The van der Waals surface area contributed by atoms with Crippen LogP contribution < -0.4 is 5.73 Å². The molecule has 0 aromatic rings. The first-order valence-corrected chi connectivity index (χ1v) is 6.44. The molecule has 1 saturated heterocycles. The molecule has 86 valence electrons. The van der Waals surface area contributed by atoms with E-state index in [0.717, 1.165) is 25.0 Å². The summed E-state index contributed by atoms with van der Waals surface area (Å²) >= 11 is 0. The summed E-state index contributed by atoms with van der Waals surface area (Å²) in [6.45, 7) is 6.66. The Bertz CT molecular complexity index is 264. The molecule has 0 aromatic carbocycles. The van der Waals surface area contributed by atoms with E-state index < -0.39 is 0 Å². The molecule has 0 spiro atoms. The largest absolute Gasteiger partial charge is 0.378 e. The van der Waals surface area contributed by atoms with Crippen LogP contribution in [0.1, 0.15) is 39.5 Å². The van der Waals surface area contributed by atoms with Crippen LogP contribution in [0.3, 0.4) is 0 Å². The van der Waals surface area contributed by atoms with Gasteiger partial charge in [0.15, 0.2) is 0 Å². The van der Waals surface area contributed by atoms with Gasteiger partial charge in [-0.3, -0.25) is 0 Å². The smallest absolute Gasteiger partial charge is 0.0635 e. The van der Waals surface area contributed by atoms with E-state index in [4.69, 9.17) is 10.5 Å². The lowest BCUT2D eigenvalue weighted by molar-refractivity contribution is 0.0528. The highest BCUT2D eigenvalue weighted by Crippen LogP contribution is 2.71. The van der Waals surface area contributed by atoms with Gasteiger partial charge in [-0.25, -0.2) is 0 Å². The minimum absolute atomic E-state index is 0.477. The molecule has 2 aliphatic carbocycles. The molecular weight excluding hydrogens is 186 g/mol. The fraction of sp³-hybridized carbons (Fsp3) is 1.00. The fourth-order valence-electron chi connectivity index (χ4n) is 4.83. The van der Waals surface area contributed by atoms with Gasteiger partial charge in [0.1, 0.15) is 0 Å². The first-order chi connectivity index (χ1) is 7.13. The van der Waals surface area contributed by atoms with Gasteiger partial charge in [-0.15, -0.1) is 0 Å². The summed E-state index contributed by atoms with van der Waals surface area (Å²) in [6, 6.07) is 0. The van der Waals surface area contributed by atoms with Crippen LogP contribution in [0.15, 0.2) is 0 Å². The Morgan fingerprint density at radius 2 is 2.13 bits per heavy atom. The second-order valence-corrected chi connectivity index (χ2v) is 6.38. The monoisotopic (exact) mass is 209 g/mol. The molecule has 0 aromatic heterocycles. The van der Waals surface area contributed by atoms with E-state index >= 15 is 0 Å². The van der Waals surface area contributed by atoms with Crippen molar-refractivity contribution in [1.82, 2.24) is 0 Å². The van der Waals surface area contributed by atoms with Crippen LogP contribution in [0.25, 0.3) is 0 Å². The van der Waals surface area contributed by atoms with Gasteiger partial charge in [0, 0.05) is 12.0 Å². The first-order valence-electron chi connectivity index (χ1n) is 6.44. The van der Waals surface area contributed by atoms with Gasteiger partial charge in [0.25, 0.3) is 0 Å². The summed E-state index contributed by atoms with van der Waals surface area (Å²) in [5.74, 6) is 1.59. The fourth-order valence-corrected chi connectivity index (χ4v) is 4.83. The second kappa shape index (κ2) is 2.98. The standard InChI is InChI=1S/C13H23NO/c1-12(2)9(8-14)11(12)13-5-3-4-10(13)15-7-6-13/h9-11H,3-8,14H2,1-2H3/t9-,10+,11-,13?/m0/s1. The predicted molar refractivity (Wildman–Crippen MR) is 60.5 cm³/mol. The molecule has 2 heteroatoms. The lowest BCUT2D eigenvalue weighted by atomic mass is 9.75. The number of nitrogens with two attached hydrogens (primary N) is 1. The summed E-state index contributed by atoms with van der Waals surface area (Å²) in [7, 11) is 0. The Labute approximate surface area is 92.6 Å². The lowest BCUT2D eigenvalue weighted by Gasteiger charge is -2.29. The van der Waals surface area contributed by atoms with Crippen molar-refractivity contribution < 1.29 is 4.74 Å². The third-order valence-corrected chi connectivity index (χ3v) is 5.56. The molecule has 15 heavy (non-hydrogen) atoms. The zero-order chi connectivity index (χ0) is 10.7. The van der Waals surface area contributed by atoms with Crippen molar-refractivity contribution >= 4 is 0 Å². The van der Waals surface area contributed by atoms with E-state index in [2.05, 4.69) is 13.8 Å². The predicted octanol–water partition coefficient (Wildman–Crippen LogP) is 2.18. The van der Waals surface area contributed by atoms with Crippen LogP contribution in [0.5, 0.6) is 0 Å². The van der Waals surface area contributed by atoms with E-state index in [0.29, 0.717) is 16.9 Å². The molecule has 1 unspecified atom stereocenters. The molecule has 0 radical (unpaired) electrons. The van der Waals surface area contributed by atoms with E-state index in [1.807, 2.05) is 0 Å². The van der Waals surface area contributed by atoms with Gasteiger partial charge in [-0.05, 0) is 43.1 Å². The zero-order valence-corrected chi connectivity index (χ0v) is 9.96. The Hall–Kier alpha value is -0.0800. The minimum Gasteiger partial charge on any atom is -0.378 e. The molecule has 1 aliphatic heterocycles. The van der Waals surface area contributed by atoms with Gasteiger partial charge in [0.2, 0.25) is 0 Å². The van der Waals surface area contributed by atoms with Crippen LogP contribution >= 0.6 is 0 Å². The SMILES string of the molecule is CC1(C)[C@@H](CN)[C@@H]1C12CCC[C@H]1OCC2. The Balaban J connectivity index is 1.88. The highest BCUT2D eigenvalue weighted by atomic mass is 16.5. The van der Waals surface area contributed by atoms with Crippen LogP contribution in [-0.2, 0) is 4.74 Å². The summed E-state index contributed by atoms with van der Waals surface area (Å²) in [5, 5.41) is 0.